The number of benzene rings is 2. The summed E-state index contributed by atoms with van der Waals surface area (Å²) < 4.78 is 5.61. The highest BCUT2D eigenvalue weighted by atomic mass is 16.4. The molecule has 0 saturated heterocycles. The van der Waals surface area contributed by atoms with Gasteiger partial charge in [0.25, 0.3) is 6.01 Å². The van der Waals surface area contributed by atoms with E-state index < -0.39 is 0 Å². The molecule has 0 unspecified atom stereocenters. The number of nitrogen functional groups attached to an aromatic ring is 1. The maximum Gasteiger partial charge on any atom is 0.300 e. The molecule has 1 aromatic heterocycles. The molecule has 0 bridgehead atoms. The fourth-order valence-corrected chi connectivity index (χ4v) is 1.82. The van der Waals surface area contributed by atoms with E-state index in [0.29, 0.717) is 17.3 Å². The molecule has 0 fully saturated rings. The first-order valence-electron chi connectivity index (χ1n) is 5.71. The van der Waals surface area contributed by atoms with Crippen LogP contribution in [-0.2, 0) is 0 Å². The van der Waals surface area contributed by atoms with Crippen molar-refractivity contribution in [2.24, 2.45) is 0 Å². The Balaban J connectivity index is 1.98. The van der Waals surface area contributed by atoms with Gasteiger partial charge in [-0.25, -0.2) is 0 Å². The van der Waals surface area contributed by atoms with Crippen LogP contribution in [0, 0.1) is 6.92 Å². The zero-order valence-corrected chi connectivity index (χ0v) is 9.97. The number of para-hydroxylation sites is 1. The number of hydrogen-bond acceptors (Lipinski definition) is 4. The predicted molar refractivity (Wildman–Crippen MR) is 72.9 cm³/mol. The maximum atomic E-state index is 5.70. The lowest BCUT2D eigenvalue weighted by Gasteiger charge is -2.04. The number of hydrogen-bond donors (Lipinski definition) is 2. The molecular formula is C14H13N3O. The molecule has 4 nitrogen and oxygen atoms in total. The standard InChI is InChI=1S/C14H13N3O/c1-9-4-2-3-5-11(9)16-14-17-12-7-6-10(15)8-13(12)18-14/h2-8H,15H2,1H3,(H,16,17). The van der Waals surface area contributed by atoms with Gasteiger partial charge in [-0.3, -0.25) is 0 Å². The average Bonchev–Trinajstić information content (AvgIpc) is 2.73. The summed E-state index contributed by atoms with van der Waals surface area (Å²) in [7, 11) is 0. The molecule has 18 heavy (non-hydrogen) atoms. The summed E-state index contributed by atoms with van der Waals surface area (Å²) in [6, 6.07) is 13.9. The van der Waals surface area contributed by atoms with E-state index in [1.807, 2.05) is 43.3 Å². The van der Waals surface area contributed by atoms with Crippen molar-refractivity contribution in [3.05, 3.63) is 48.0 Å². The SMILES string of the molecule is Cc1ccccc1Nc1nc2ccc(N)cc2o1. The Morgan fingerprint density at radius 2 is 2.00 bits per heavy atom. The molecule has 0 saturated carbocycles. The molecular weight excluding hydrogens is 226 g/mol. The van der Waals surface area contributed by atoms with Crippen LogP contribution in [0.4, 0.5) is 17.4 Å². The third-order valence-corrected chi connectivity index (χ3v) is 2.80. The van der Waals surface area contributed by atoms with Crippen molar-refractivity contribution in [2.45, 2.75) is 6.92 Å². The van der Waals surface area contributed by atoms with Gasteiger partial charge in [-0.15, -0.1) is 0 Å². The maximum absolute atomic E-state index is 5.70. The van der Waals surface area contributed by atoms with E-state index in [4.69, 9.17) is 10.2 Å². The van der Waals surface area contributed by atoms with Crippen molar-refractivity contribution in [3.63, 3.8) is 0 Å². The van der Waals surface area contributed by atoms with Gasteiger partial charge in [-0.05, 0) is 30.7 Å². The first-order chi connectivity index (χ1) is 8.72. The van der Waals surface area contributed by atoms with E-state index in [0.717, 1.165) is 16.8 Å². The van der Waals surface area contributed by atoms with Gasteiger partial charge in [-0.2, -0.15) is 4.98 Å². The second kappa shape index (κ2) is 4.07. The van der Waals surface area contributed by atoms with Gasteiger partial charge in [0.2, 0.25) is 0 Å². The minimum Gasteiger partial charge on any atom is -0.423 e. The first kappa shape index (κ1) is 10.7. The third kappa shape index (κ3) is 1.88. The second-order valence-electron chi connectivity index (χ2n) is 4.19. The minimum atomic E-state index is 0.477. The Morgan fingerprint density at radius 1 is 1.17 bits per heavy atom. The first-order valence-corrected chi connectivity index (χ1v) is 5.71. The monoisotopic (exact) mass is 239 g/mol. The summed E-state index contributed by atoms with van der Waals surface area (Å²) >= 11 is 0. The van der Waals surface area contributed by atoms with Gasteiger partial charge in [0, 0.05) is 17.4 Å². The van der Waals surface area contributed by atoms with Crippen LogP contribution >= 0.6 is 0 Å². The topological polar surface area (TPSA) is 64.1 Å². The average molecular weight is 239 g/mol. The van der Waals surface area contributed by atoms with Gasteiger partial charge in [0.1, 0.15) is 5.52 Å². The number of nitrogens with two attached hydrogens (primary N) is 1. The molecule has 0 aliphatic rings. The summed E-state index contributed by atoms with van der Waals surface area (Å²) in [6.45, 7) is 2.03. The number of nitrogens with zero attached hydrogens (tertiary/aromatic N) is 1. The Kier molecular flexibility index (Phi) is 2.41. The minimum absolute atomic E-state index is 0.477. The molecule has 0 aliphatic heterocycles. The van der Waals surface area contributed by atoms with Crippen molar-refractivity contribution in [1.82, 2.24) is 4.98 Å². The lowest BCUT2D eigenvalue weighted by molar-refractivity contribution is 0.623. The number of aryl methyl sites for hydroxylation is 1. The van der Waals surface area contributed by atoms with Gasteiger partial charge in [0.05, 0.1) is 0 Å². The molecule has 0 atom stereocenters. The van der Waals surface area contributed by atoms with Crippen molar-refractivity contribution >= 4 is 28.5 Å². The Labute approximate surface area is 104 Å². The molecule has 3 aromatic rings. The van der Waals surface area contributed by atoms with E-state index in [1.54, 1.807) is 6.07 Å². The van der Waals surface area contributed by atoms with Crippen LogP contribution in [0.15, 0.2) is 46.9 Å². The van der Waals surface area contributed by atoms with E-state index in [1.165, 1.54) is 0 Å². The predicted octanol–water partition coefficient (Wildman–Crippen LogP) is 3.46. The number of rotatable bonds is 2. The lowest BCUT2D eigenvalue weighted by Crippen LogP contribution is -1.92. The quantitative estimate of drug-likeness (QED) is 0.672. The number of anilines is 3. The number of aromatic nitrogens is 1. The normalized spacial score (nSPS) is 10.7. The molecule has 90 valence electrons. The summed E-state index contributed by atoms with van der Waals surface area (Å²) in [4.78, 5) is 4.36. The van der Waals surface area contributed by atoms with Crippen molar-refractivity contribution in [1.29, 1.82) is 0 Å². The molecule has 0 spiro atoms. The summed E-state index contributed by atoms with van der Waals surface area (Å²) in [5.74, 6) is 0. The fourth-order valence-electron chi connectivity index (χ4n) is 1.82. The molecule has 0 aliphatic carbocycles. The van der Waals surface area contributed by atoms with Crippen LogP contribution in [0.25, 0.3) is 11.1 Å². The van der Waals surface area contributed by atoms with Crippen molar-refractivity contribution in [3.8, 4) is 0 Å². The molecule has 3 N–H and O–H groups in total. The van der Waals surface area contributed by atoms with Crippen LogP contribution < -0.4 is 11.1 Å². The molecule has 0 amide bonds. The van der Waals surface area contributed by atoms with E-state index in [-0.39, 0.29) is 0 Å². The molecule has 4 heteroatoms. The van der Waals surface area contributed by atoms with E-state index in [2.05, 4.69) is 10.3 Å². The van der Waals surface area contributed by atoms with Crippen molar-refractivity contribution in [2.75, 3.05) is 11.1 Å². The number of oxazole rings is 1. The third-order valence-electron chi connectivity index (χ3n) is 2.80. The van der Waals surface area contributed by atoms with E-state index >= 15 is 0 Å². The highest BCUT2D eigenvalue weighted by Gasteiger charge is 2.06. The second-order valence-corrected chi connectivity index (χ2v) is 4.19. The smallest absolute Gasteiger partial charge is 0.300 e. The zero-order valence-electron chi connectivity index (χ0n) is 9.97. The summed E-state index contributed by atoms with van der Waals surface area (Å²) in [5.41, 5.74) is 9.97. The molecule has 2 aromatic carbocycles. The molecule has 0 radical (unpaired) electrons. The Hall–Kier alpha value is -2.49. The van der Waals surface area contributed by atoms with E-state index in [9.17, 15) is 0 Å². The van der Waals surface area contributed by atoms with Crippen LogP contribution in [0.2, 0.25) is 0 Å². The summed E-state index contributed by atoms with van der Waals surface area (Å²) in [6.07, 6.45) is 0. The summed E-state index contributed by atoms with van der Waals surface area (Å²) in [5, 5.41) is 3.16. The highest BCUT2D eigenvalue weighted by Crippen LogP contribution is 2.24. The van der Waals surface area contributed by atoms with Gasteiger partial charge in [0.15, 0.2) is 5.58 Å². The molecule has 3 rings (SSSR count). The van der Waals surface area contributed by atoms with Gasteiger partial charge < -0.3 is 15.5 Å². The Bertz CT molecular complexity index is 703. The lowest BCUT2D eigenvalue weighted by atomic mass is 10.2. The number of fused-ring (bicyclic) bond motifs is 1. The zero-order chi connectivity index (χ0) is 12.5. The van der Waals surface area contributed by atoms with Gasteiger partial charge >= 0.3 is 0 Å². The van der Waals surface area contributed by atoms with Crippen LogP contribution in [0.5, 0.6) is 0 Å². The van der Waals surface area contributed by atoms with Crippen LogP contribution in [-0.4, -0.2) is 4.98 Å². The van der Waals surface area contributed by atoms with Crippen LogP contribution in [0.3, 0.4) is 0 Å². The fraction of sp³-hybridized carbons (Fsp3) is 0.0714. The number of nitrogens with one attached hydrogen (secondary N) is 1. The van der Waals surface area contributed by atoms with Crippen LogP contribution in [0.1, 0.15) is 5.56 Å². The van der Waals surface area contributed by atoms with Crippen molar-refractivity contribution < 1.29 is 4.42 Å². The molecule has 1 heterocycles. The van der Waals surface area contributed by atoms with Gasteiger partial charge in [-0.1, -0.05) is 18.2 Å². The Morgan fingerprint density at radius 3 is 2.83 bits per heavy atom. The highest BCUT2D eigenvalue weighted by molar-refractivity contribution is 5.78. The largest absolute Gasteiger partial charge is 0.423 e.